The second-order valence-electron chi connectivity index (χ2n) is 7.95. The summed E-state index contributed by atoms with van der Waals surface area (Å²) in [6, 6.07) is 3.51. The van der Waals surface area contributed by atoms with E-state index < -0.39 is 17.2 Å². The van der Waals surface area contributed by atoms with Crippen LogP contribution in [0.3, 0.4) is 0 Å². The molecule has 1 aromatic heterocycles. The number of hydrogen-bond acceptors (Lipinski definition) is 5. The van der Waals surface area contributed by atoms with Gasteiger partial charge in [0.05, 0.1) is 17.4 Å². The number of nitrogens with zero attached hydrogens (tertiary/aromatic N) is 2. The Morgan fingerprint density at radius 3 is 2.37 bits per heavy atom. The van der Waals surface area contributed by atoms with E-state index in [2.05, 4.69) is 31.2 Å². The highest BCUT2D eigenvalue weighted by molar-refractivity contribution is 5.93. The molecule has 1 heterocycles. The van der Waals surface area contributed by atoms with Crippen molar-refractivity contribution in [1.29, 1.82) is 0 Å². The van der Waals surface area contributed by atoms with Crippen LogP contribution in [0.25, 0.3) is 0 Å². The molecule has 0 atom stereocenters. The minimum Gasteiger partial charge on any atom is -0.444 e. The first kappa shape index (κ1) is 25.2. The number of nitrogens with one attached hydrogen (secondary N) is 4. The number of hydrogen-bond donors (Lipinski definition) is 4. The van der Waals surface area contributed by atoms with Crippen molar-refractivity contribution in [1.82, 2.24) is 20.9 Å². The minimum absolute atomic E-state index is 0.0467. The first-order chi connectivity index (χ1) is 14.1. The van der Waals surface area contributed by atoms with E-state index in [1.807, 2.05) is 41.5 Å². The van der Waals surface area contributed by atoms with Crippen molar-refractivity contribution < 1.29 is 14.3 Å². The summed E-state index contributed by atoms with van der Waals surface area (Å²) in [5.74, 6) is 0.250. The van der Waals surface area contributed by atoms with Crippen molar-refractivity contribution in [3.05, 3.63) is 24.5 Å². The molecule has 168 valence electrons. The van der Waals surface area contributed by atoms with Gasteiger partial charge in [0, 0.05) is 19.3 Å². The van der Waals surface area contributed by atoms with Crippen LogP contribution in [-0.4, -0.2) is 53.7 Å². The third-order valence-corrected chi connectivity index (χ3v) is 4.38. The van der Waals surface area contributed by atoms with Crippen LogP contribution in [0.4, 0.5) is 10.5 Å². The van der Waals surface area contributed by atoms with Gasteiger partial charge in [-0.2, -0.15) is 0 Å². The molecule has 0 saturated heterocycles. The number of ether oxygens (including phenoxy) is 1. The van der Waals surface area contributed by atoms with Crippen molar-refractivity contribution in [3.63, 3.8) is 0 Å². The summed E-state index contributed by atoms with van der Waals surface area (Å²) in [5.41, 5.74) is -0.451. The van der Waals surface area contributed by atoms with Gasteiger partial charge in [-0.15, -0.1) is 0 Å². The molecule has 0 saturated carbocycles. The van der Waals surface area contributed by atoms with Crippen LogP contribution >= 0.6 is 0 Å². The summed E-state index contributed by atoms with van der Waals surface area (Å²) in [6.45, 7) is 12.5. The SMILES string of the molecule is CCNC(=NCC(=O)Nc1cccnc1)NCC(CC)(CC)NC(=O)OC(C)(C)C. The van der Waals surface area contributed by atoms with E-state index in [1.54, 1.807) is 24.5 Å². The fourth-order valence-corrected chi connectivity index (χ4v) is 2.62. The molecule has 0 spiro atoms. The number of alkyl carbamates (subject to hydrolysis) is 1. The Labute approximate surface area is 179 Å². The van der Waals surface area contributed by atoms with Gasteiger partial charge >= 0.3 is 6.09 Å². The molecule has 0 aliphatic heterocycles. The van der Waals surface area contributed by atoms with Gasteiger partial charge < -0.3 is 26.0 Å². The molecule has 0 bridgehead atoms. The topological polar surface area (TPSA) is 117 Å². The average Bonchev–Trinajstić information content (AvgIpc) is 2.68. The third-order valence-electron chi connectivity index (χ3n) is 4.38. The maximum absolute atomic E-state index is 12.3. The highest BCUT2D eigenvalue weighted by Gasteiger charge is 2.30. The molecule has 1 aromatic rings. The van der Waals surface area contributed by atoms with E-state index in [0.29, 0.717) is 37.6 Å². The monoisotopic (exact) mass is 420 g/mol. The molecule has 4 N–H and O–H groups in total. The molecule has 2 amide bonds. The quantitative estimate of drug-likeness (QED) is 0.360. The van der Waals surface area contributed by atoms with Crippen molar-refractivity contribution in [2.24, 2.45) is 4.99 Å². The lowest BCUT2D eigenvalue weighted by Gasteiger charge is -2.34. The van der Waals surface area contributed by atoms with Gasteiger partial charge in [0.1, 0.15) is 12.1 Å². The van der Waals surface area contributed by atoms with Crippen molar-refractivity contribution in [2.75, 3.05) is 25.0 Å². The zero-order valence-corrected chi connectivity index (χ0v) is 19.0. The van der Waals surface area contributed by atoms with Crippen LogP contribution in [0.2, 0.25) is 0 Å². The summed E-state index contributed by atoms with van der Waals surface area (Å²) in [7, 11) is 0. The fourth-order valence-electron chi connectivity index (χ4n) is 2.62. The van der Waals surface area contributed by atoms with Gasteiger partial charge in [0.2, 0.25) is 5.91 Å². The Bertz CT molecular complexity index is 696. The van der Waals surface area contributed by atoms with Crippen molar-refractivity contribution >= 4 is 23.6 Å². The molecule has 0 unspecified atom stereocenters. The van der Waals surface area contributed by atoms with E-state index in [9.17, 15) is 9.59 Å². The molecule has 9 nitrogen and oxygen atoms in total. The average molecular weight is 421 g/mol. The predicted molar refractivity (Wildman–Crippen MR) is 120 cm³/mol. The van der Waals surface area contributed by atoms with Gasteiger partial charge in [0.25, 0.3) is 0 Å². The second kappa shape index (κ2) is 12.0. The van der Waals surface area contributed by atoms with Crippen molar-refractivity contribution in [3.8, 4) is 0 Å². The van der Waals surface area contributed by atoms with E-state index in [-0.39, 0.29) is 12.5 Å². The Hall–Kier alpha value is -2.84. The van der Waals surface area contributed by atoms with Crippen LogP contribution in [0.15, 0.2) is 29.5 Å². The number of amides is 2. The highest BCUT2D eigenvalue weighted by atomic mass is 16.6. The Kier molecular flexibility index (Phi) is 10.1. The van der Waals surface area contributed by atoms with Gasteiger partial charge in [-0.25, -0.2) is 9.79 Å². The fraction of sp³-hybridized carbons (Fsp3) is 0.619. The Morgan fingerprint density at radius 2 is 1.83 bits per heavy atom. The number of guanidine groups is 1. The van der Waals surface area contributed by atoms with Crippen LogP contribution < -0.4 is 21.3 Å². The number of anilines is 1. The van der Waals surface area contributed by atoms with Gasteiger partial charge in [0.15, 0.2) is 5.96 Å². The number of rotatable bonds is 9. The molecule has 1 rings (SSSR count). The third kappa shape index (κ3) is 9.58. The zero-order valence-electron chi connectivity index (χ0n) is 19.0. The highest BCUT2D eigenvalue weighted by Crippen LogP contribution is 2.16. The van der Waals surface area contributed by atoms with Gasteiger partial charge in [-0.1, -0.05) is 13.8 Å². The summed E-state index contributed by atoms with van der Waals surface area (Å²) in [4.78, 5) is 32.7. The lowest BCUT2D eigenvalue weighted by molar-refractivity contribution is -0.114. The van der Waals surface area contributed by atoms with E-state index >= 15 is 0 Å². The molecule has 9 heteroatoms. The van der Waals surface area contributed by atoms with E-state index in [0.717, 1.165) is 0 Å². The molecule has 0 aromatic carbocycles. The Morgan fingerprint density at radius 1 is 1.13 bits per heavy atom. The minimum atomic E-state index is -0.567. The number of carbonyl (C=O) groups is 2. The lowest BCUT2D eigenvalue weighted by Crippen LogP contribution is -2.57. The first-order valence-electron chi connectivity index (χ1n) is 10.4. The molecule has 0 fully saturated rings. The molecular weight excluding hydrogens is 384 g/mol. The maximum Gasteiger partial charge on any atom is 0.408 e. The van der Waals surface area contributed by atoms with Crippen LogP contribution in [0.5, 0.6) is 0 Å². The standard InChI is InChI=1S/C21H36N6O3/c1-7-21(8-2,27-19(29)30-20(4,5)6)15-25-18(23-9-3)24-14-17(28)26-16-11-10-12-22-13-16/h10-13H,7-9,14-15H2,1-6H3,(H,26,28)(H,27,29)(H2,23,24,25). The maximum atomic E-state index is 12.3. The normalized spacial score (nSPS) is 12.1. The summed E-state index contributed by atoms with van der Waals surface area (Å²) >= 11 is 0. The Balaban J connectivity index is 2.73. The lowest BCUT2D eigenvalue weighted by atomic mass is 9.93. The summed E-state index contributed by atoms with van der Waals surface area (Å²) in [6.07, 6.45) is 4.17. The van der Waals surface area contributed by atoms with Crippen LogP contribution in [-0.2, 0) is 9.53 Å². The number of carbonyl (C=O) groups excluding carboxylic acids is 2. The second-order valence-corrected chi connectivity index (χ2v) is 7.95. The largest absolute Gasteiger partial charge is 0.444 e. The van der Waals surface area contributed by atoms with Crippen LogP contribution in [0, 0.1) is 0 Å². The first-order valence-corrected chi connectivity index (χ1v) is 10.4. The van der Waals surface area contributed by atoms with Gasteiger partial charge in [-0.3, -0.25) is 9.78 Å². The molecule has 0 radical (unpaired) electrons. The van der Waals surface area contributed by atoms with Crippen LogP contribution in [0.1, 0.15) is 54.4 Å². The summed E-state index contributed by atoms with van der Waals surface area (Å²) in [5, 5.41) is 12.1. The molecular formula is C21H36N6O3. The van der Waals surface area contributed by atoms with Crippen molar-refractivity contribution in [2.45, 2.75) is 65.5 Å². The van der Waals surface area contributed by atoms with Gasteiger partial charge in [-0.05, 0) is 52.7 Å². The van der Waals surface area contributed by atoms with E-state index in [1.165, 1.54) is 0 Å². The molecule has 0 aliphatic carbocycles. The van der Waals surface area contributed by atoms with E-state index in [4.69, 9.17) is 4.74 Å². The molecule has 0 aliphatic rings. The smallest absolute Gasteiger partial charge is 0.408 e. The number of aromatic nitrogens is 1. The predicted octanol–water partition coefficient (Wildman–Crippen LogP) is 2.66. The molecule has 30 heavy (non-hydrogen) atoms. The zero-order chi connectivity index (χ0) is 22.6. The summed E-state index contributed by atoms with van der Waals surface area (Å²) < 4.78 is 5.41. The number of pyridine rings is 1. The number of aliphatic imine (C=N–C) groups is 1.